The molecule has 1 amide bonds. The van der Waals surface area contributed by atoms with Gasteiger partial charge in [-0.3, -0.25) is 9.69 Å². The molecule has 31 heavy (non-hydrogen) atoms. The maximum atomic E-state index is 13.0. The molecular formula is C25H31N5O. The van der Waals surface area contributed by atoms with Crippen LogP contribution in [0.2, 0.25) is 0 Å². The number of carbonyl (C=O) groups excluding carboxylic acids is 1. The van der Waals surface area contributed by atoms with Gasteiger partial charge in [0.25, 0.3) is 0 Å². The number of likely N-dealkylation sites (tertiary alicyclic amines) is 1. The van der Waals surface area contributed by atoms with Crippen molar-refractivity contribution in [2.45, 2.75) is 25.3 Å². The average molecular weight is 418 g/mol. The van der Waals surface area contributed by atoms with E-state index in [4.69, 9.17) is 4.98 Å². The number of benzene rings is 2. The smallest absolute Gasteiger partial charge is 0.239 e. The molecule has 0 saturated carbocycles. The van der Waals surface area contributed by atoms with Gasteiger partial charge in [0.05, 0.1) is 17.1 Å². The summed E-state index contributed by atoms with van der Waals surface area (Å²) in [6, 6.07) is 17.0. The van der Waals surface area contributed by atoms with Gasteiger partial charge < -0.3 is 14.4 Å². The van der Waals surface area contributed by atoms with Gasteiger partial charge in [-0.05, 0) is 57.1 Å². The van der Waals surface area contributed by atoms with Crippen LogP contribution in [0.1, 0.15) is 19.3 Å². The van der Waals surface area contributed by atoms with Crippen molar-refractivity contribution in [3.63, 3.8) is 0 Å². The first kappa shape index (κ1) is 20.1. The van der Waals surface area contributed by atoms with E-state index in [2.05, 4.69) is 75.8 Å². The molecule has 3 heterocycles. The lowest BCUT2D eigenvalue weighted by molar-refractivity contribution is -0.135. The van der Waals surface area contributed by atoms with E-state index in [1.807, 2.05) is 6.07 Å². The van der Waals surface area contributed by atoms with Crippen molar-refractivity contribution in [1.82, 2.24) is 19.4 Å². The molecule has 0 N–H and O–H groups in total. The second-order valence-electron chi connectivity index (χ2n) is 8.84. The Bertz CT molecular complexity index is 1090. The number of rotatable bonds is 3. The highest BCUT2D eigenvalue weighted by Gasteiger charge is 2.32. The molecule has 0 bridgehead atoms. The Balaban J connectivity index is 1.34. The molecule has 1 atom stereocenters. The molecule has 2 aromatic carbocycles. The summed E-state index contributed by atoms with van der Waals surface area (Å²) in [6.45, 7) is 4.51. The Morgan fingerprint density at radius 1 is 0.935 bits per heavy atom. The van der Waals surface area contributed by atoms with Crippen LogP contribution in [0.4, 0.5) is 5.69 Å². The van der Waals surface area contributed by atoms with Gasteiger partial charge in [-0.1, -0.05) is 24.3 Å². The zero-order valence-corrected chi connectivity index (χ0v) is 18.5. The number of carbonyl (C=O) groups is 1. The number of aryl methyl sites for hydroxylation is 1. The van der Waals surface area contributed by atoms with Gasteiger partial charge >= 0.3 is 0 Å². The first-order chi connectivity index (χ1) is 15.1. The summed E-state index contributed by atoms with van der Waals surface area (Å²) in [6.07, 6.45) is 3.12. The molecule has 0 aliphatic carbocycles. The number of amides is 1. The summed E-state index contributed by atoms with van der Waals surface area (Å²) >= 11 is 0. The average Bonchev–Trinajstić information content (AvgIpc) is 3.27. The SMILES string of the molecule is CN1CCC[C@@H]1C(=O)N1CCCN(c2cccc(-c3nc4ccccc4n3C)c2)CC1. The first-order valence-electron chi connectivity index (χ1n) is 11.4. The fraction of sp³-hybridized carbons (Fsp3) is 0.440. The van der Waals surface area contributed by atoms with Crippen molar-refractivity contribution in [2.24, 2.45) is 7.05 Å². The van der Waals surface area contributed by atoms with Crippen LogP contribution in [0.15, 0.2) is 48.5 Å². The third-order valence-corrected chi connectivity index (χ3v) is 6.87. The summed E-state index contributed by atoms with van der Waals surface area (Å²) in [5.74, 6) is 1.30. The number of fused-ring (bicyclic) bond motifs is 1. The maximum Gasteiger partial charge on any atom is 0.239 e. The molecule has 2 aliphatic rings. The van der Waals surface area contributed by atoms with Gasteiger partial charge in [-0.25, -0.2) is 4.98 Å². The van der Waals surface area contributed by atoms with E-state index in [1.165, 1.54) is 5.69 Å². The van der Waals surface area contributed by atoms with E-state index >= 15 is 0 Å². The van der Waals surface area contributed by atoms with Gasteiger partial charge in [0.15, 0.2) is 0 Å². The molecule has 2 fully saturated rings. The third-order valence-electron chi connectivity index (χ3n) is 6.87. The van der Waals surface area contributed by atoms with Crippen molar-refractivity contribution >= 4 is 22.6 Å². The zero-order chi connectivity index (χ0) is 21.4. The Labute approximate surface area is 184 Å². The fourth-order valence-corrected chi connectivity index (χ4v) is 5.07. The second-order valence-corrected chi connectivity index (χ2v) is 8.84. The molecule has 0 spiro atoms. The lowest BCUT2D eigenvalue weighted by Gasteiger charge is -2.28. The third kappa shape index (κ3) is 3.81. The Morgan fingerprint density at radius 3 is 2.61 bits per heavy atom. The molecule has 2 aliphatic heterocycles. The molecule has 6 heteroatoms. The normalized spacial score (nSPS) is 20.4. The summed E-state index contributed by atoms with van der Waals surface area (Å²) in [5, 5.41) is 0. The van der Waals surface area contributed by atoms with Gasteiger partial charge in [0, 0.05) is 44.5 Å². The Morgan fingerprint density at radius 2 is 1.81 bits per heavy atom. The molecule has 1 aromatic heterocycles. The van der Waals surface area contributed by atoms with Crippen LogP contribution < -0.4 is 4.90 Å². The highest BCUT2D eigenvalue weighted by Crippen LogP contribution is 2.28. The van der Waals surface area contributed by atoms with E-state index in [0.717, 1.165) is 74.4 Å². The highest BCUT2D eigenvalue weighted by atomic mass is 16.2. The molecule has 162 valence electrons. The van der Waals surface area contributed by atoms with Crippen molar-refractivity contribution in [1.29, 1.82) is 0 Å². The lowest BCUT2D eigenvalue weighted by atomic mass is 10.1. The molecule has 2 saturated heterocycles. The summed E-state index contributed by atoms with van der Waals surface area (Å²) < 4.78 is 2.16. The Hall–Kier alpha value is -2.86. The van der Waals surface area contributed by atoms with Crippen LogP contribution in [-0.4, -0.2) is 71.1 Å². The van der Waals surface area contributed by atoms with Crippen LogP contribution in [-0.2, 0) is 11.8 Å². The van der Waals surface area contributed by atoms with Crippen LogP contribution in [0, 0.1) is 0 Å². The van der Waals surface area contributed by atoms with Crippen molar-refractivity contribution < 1.29 is 4.79 Å². The number of nitrogens with zero attached hydrogens (tertiary/aromatic N) is 5. The number of hydrogen-bond donors (Lipinski definition) is 0. The number of para-hydroxylation sites is 2. The number of imidazole rings is 1. The summed E-state index contributed by atoms with van der Waals surface area (Å²) in [4.78, 5) is 24.6. The number of aromatic nitrogens is 2. The number of hydrogen-bond acceptors (Lipinski definition) is 4. The largest absolute Gasteiger partial charge is 0.370 e. The number of likely N-dealkylation sites (N-methyl/N-ethyl adjacent to an activating group) is 1. The van der Waals surface area contributed by atoms with E-state index in [9.17, 15) is 4.79 Å². The minimum atomic E-state index is 0.0763. The monoisotopic (exact) mass is 417 g/mol. The molecule has 3 aromatic rings. The first-order valence-corrected chi connectivity index (χ1v) is 11.4. The zero-order valence-electron chi connectivity index (χ0n) is 18.5. The molecule has 0 radical (unpaired) electrons. The van der Waals surface area contributed by atoms with E-state index in [-0.39, 0.29) is 6.04 Å². The van der Waals surface area contributed by atoms with Crippen LogP contribution in [0.3, 0.4) is 0 Å². The maximum absolute atomic E-state index is 13.0. The van der Waals surface area contributed by atoms with Gasteiger partial charge in [0.2, 0.25) is 5.91 Å². The van der Waals surface area contributed by atoms with E-state index in [1.54, 1.807) is 0 Å². The quantitative estimate of drug-likeness (QED) is 0.655. The lowest BCUT2D eigenvalue weighted by Crippen LogP contribution is -2.45. The topological polar surface area (TPSA) is 44.6 Å². The van der Waals surface area contributed by atoms with E-state index in [0.29, 0.717) is 5.91 Å². The van der Waals surface area contributed by atoms with Gasteiger partial charge in [0.1, 0.15) is 5.82 Å². The van der Waals surface area contributed by atoms with Crippen molar-refractivity contribution in [3.8, 4) is 11.4 Å². The Kier molecular flexibility index (Phi) is 5.40. The second kappa shape index (κ2) is 8.35. The number of anilines is 1. The molecule has 0 unspecified atom stereocenters. The van der Waals surface area contributed by atoms with Crippen LogP contribution >= 0.6 is 0 Å². The van der Waals surface area contributed by atoms with Crippen molar-refractivity contribution in [2.75, 3.05) is 44.7 Å². The molecular weight excluding hydrogens is 386 g/mol. The van der Waals surface area contributed by atoms with Crippen molar-refractivity contribution in [3.05, 3.63) is 48.5 Å². The minimum absolute atomic E-state index is 0.0763. The van der Waals surface area contributed by atoms with Crippen LogP contribution in [0.25, 0.3) is 22.4 Å². The fourth-order valence-electron chi connectivity index (χ4n) is 5.07. The molecule has 5 rings (SSSR count). The predicted octanol–water partition coefficient (Wildman–Crippen LogP) is 3.37. The van der Waals surface area contributed by atoms with Gasteiger partial charge in [-0.15, -0.1) is 0 Å². The predicted molar refractivity (Wildman–Crippen MR) is 125 cm³/mol. The summed E-state index contributed by atoms with van der Waals surface area (Å²) in [7, 11) is 4.15. The van der Waals surface area contributed by atoms with E-state index < -0.39 is 0 Å². The van der Waals surface area contributed by atoms with Gasteiger partial charge in [-0.2, -0.15) is 0 Å². The highest BCUT2D eigenvalue weighted by molar-refractivity contribution is 5.82. The standard InChI is InChI=1S/C25H31N5O/c1-27-13-6-12-23(27)25(31)30-15-7-14-29(16-17-30)20-9-5-8-19(18-20)24-26-21-10-3-4-11-22(21)28(24)2/h3-5,8-11,18,23H,6-7,12-17H2,1-2H3/t23-/m1/s1. The van der Waals surface area contributed by atoms with Crippen LogP contribution in [0.5, 0.6) is 0 Å². The summed E-state index contributed by atoms with van der Waals surface area (Å²) in [5.41, 5.74) is 4.49. The minimum Gasteiger partial charge on any atom is -0.370 e. The molecule has 6 nitrogen and oxygen atoms in total.